The predicted molar refractivity (Wildman–Crippen MR) is 54.9 cm³/mol. The summed E-state index contributed by atoms with van der Waals surface area (Å²) in [6, 6.07) is 0. The van der Waals surface area contributed by atoms with E-state index in [1.54, 1.807) is 6.92 Å². The van der Waals surface area contributed by atoms with Gasteiger partial charge in [-0.05, 0) is 6.92 Å². The number of aliphatic hydroxyl groups is 2. The van der Waals surface area contributed by atoms with E-state index in [1.807, 2.05) is 0 Å². The summed E-state index contributed by atoms with van der Waals surface area (Å²) in [5.74, 6) is -1.21. The highest BCUT2D eigenvalue weighted by atomic mass is 16.4. The number of hydrogen-bond donors (Lipinski definition) is 4. The van der Waals surface area contributed by atoms with Crippen molar-refractivity contribution in [3.63, 3.8) is 0 Å². The van der Waals surface area contributed by atoms with Crippen LogP contribution in [0, 0.1) is 6.92 Å². The lowest BCUT2D eigenvalue weighted by Crippen LogP contribution is -2.28. The zero-order chi connectivity index (χ0) is 12.5. The standard InChI is InChI=1S/C9H15N3O4/c1-4-6(8(14)5(13)3-10)7(9(15)16)12(2)11-4/h5,8,13-14H,3,10H2,1-2H3,(H,15,16). The van der Waals surface area contributed by atoms with Crippen LogP contribution in [0.2, 0.25) is 0 Å². The van der Waals surface area contributed by atoms with Crippen molar-refractivity contribution in [1.29, 1.82) is 0 Å². The van der Waals surface area contributed by atoms with Crippen molar-refractivity contribution >= 4 is 5.97 Å². The molecule has 0 saturated heterocycles. The first kappa shape index (κ1) is 12.6. The molecule has 1 aromatic rings. The Bertz CT molecular complexity index is 402. The van der Waals surface area contributed by atoms with E-state index in [2.05, 4.69) is 5.10 Å². The number of carboxylic acid groups (broad SMARTS) is 1. The van der Waals surface area contributed by atoms with E-state index < -0.39 is 18.2 Å². The minimum absolute atomic E-state index is 0.105. The van der Waals surface area contributed by atoms with Gasteiger partial charge in [0.25, 0.3) is 0 Å². The highest BCUT2D eigenvalue weighted by Gasteiger charge is 2.28. The van der Waals surface area contributed by atoms with Crippen molar-refractivity contribution in [3.8, 4) is 0 Å². The second kappa shape index (κ2) is 4.60. The second-order valence-electron chi connectivity index (χ2n) is 3.52. The summed E-state index contributed by atoms with van der Waals surface area (Å²) in [5, 5.41) is 32.1. The maximum absolute atomic E-state index is 11.0. The topological polar surface area (TPSA) is 122 Å². The first-order valence-electron chi connectivity index (χ1n) is 4.73. The Labute approximate surface area is 92.1 Å². The molecule has 2 atom stereocenters. The Morgan fingerprint density at radius 2 is 2.12 bits per heavy atom. The number of nitrogens with zero attached hydrogens (tertiary/aromatic N) is 2. The monoisotopic (exact) mass is 229 g/mol. The van der Waals surface area contributed by atoms with Gasteiger partial charge < -0.3 is 21.1 Å². The minimum Gasteiger partial charge on any atom is -0.477 e. The van der Waals surface area contributed by atoms with Crippen LogP contribution in [0.25, 0.3) is 0 Å². The van der Waals surface area contributed by atoms with Crippen molar-refractivity contribution in [1.82, 2.24) is 9.78 Å². The van der Waals surface area contributed by atoms with Gasteiger partial charge in [-0.25, -0.2) is 4.79 Å². The van der Waals surface area contributed by atoms with Gasteiger partial charge in [0.05, 0.1) is 11.8 Å². The van der Waals surface area contributed by atoms with Gasteiger partial charge >= 0.3 is 5.97 Å². The summed E-state index contributed by atoms with van der Waals surface area (Å²) in [4.78, 5) is 11.0. The average Bonchev–Trinajstić information content (AvgIpc) is 2.51. The van der Waals surface area contributed by atoms with E-state index in [9.17, 15) is 15.0 Å². The van der Waals surface area contributed by atoms with Crippen LogP contribution in [0.4, 0.5) is 0 Å². The molecule has 0 aliphatic heterocycles. The largest absolute Gasteiger partial charge is 0.477 e. The van der Waals surface area contributed by atoms with E-state index in [-0.39, 0.29) is 17.8 Å². The molecular formula is C9H15N3O4. The normalized spacial score (nSPS) is 14.8. The lowest BCUT2D eigenvalue weighted by molar-refractivity contribution is 0.0227. The number of aromatic carboxylic acids is 1. The molecular weight excluding hydrogens is 214 g/mol. The molecule has 7 heteroatoms. The number of aliphatic hydroxyl groups excluding tert-OH is 2. The Morgan fingerprint density at radius 3 is 2.56 bits per heavy atom. The smallest absolute Gasteiger partial charge is 0.354 e. The van der Waals surface area contributed by atoms with Gasteiger partial charge in [-0.2, -0.15) is 5.10 Å². The Balaban J connectivity index is 3.26. The molecule has 7 nitrogen and oxygen atoms in total. The molecule has 16 heavy (non-hydrogen) atoms. The molecule has 1 rings (SSSR count). The predicted octanol–water partition coefficient (Wildman–Crippen LogP) is -1.22. The third kappa shape index (κ3) is 2.06. The van der Waals surface area contributed by atoms with Crippen LogP contribution >= 0.6 is 0 Å². The number of hydrogen-bond acceptors (Lipinski definition) is 5. The fraction of sp³-hybridized carbons (Fsp3) is 0.556. The molecule has 0 aromatic carbocycles. The SMILES string of the molecule is Cc1nn(C)c(C(=O)O)c1C(O)C(O)CN. The summed E-state index contributed by atoms with van der Waals surface area (Å²) in [6.07, 6.45) is -2.55. The van der Waals surface area contributed by atoms with Crippen LogP contribution in [0.5, 0.6) is 0 Å². The average molecular weight is 229 g/mol. The number of rotatable bonds is 4. The molecule has 0 aliphatic rings. The van der Waals surface area contributed by atoms with Crippen LogP contribution in [-0.4, -0.2) is 43.7 Å². The van der Waals surface area contributed by atoms with Crippen molar-refractivity contribution in [2.24, 2.45) is 12.8 Å². The molecule has 1 heterocycles. The lowest BCUT2D eigenvalue weighted by atomic mass is 10.0. The van der Waals surface area contributed by atoms with E-state index in [0.717, 1.165) is 4.68 Å². The minimum atomic E-state index is -1.34. The summed E-state index contributed by atoms with van der Waals surface area (Å²) in [7, 11) is 1.46. The van der Waals surface area contributed by atoms with Gasteiger partial charge in [-0.1, -0.05) is 0 Å². The number of carbonyl (C=O) groups is 1. The van der Waals surface area contributed by atoms with Gasteiger partial charge in [0.1, 0.15) is 6.10 Å². The van der Waals surface area contributed by atoms with Crippen molar-refractivity contribution < 1.29 is 20.1 Å². The third-order valence-electron chi connectivity index (χ3n) is 2.37. The molecule has 5 N–H and O–H groups in total. The maximum Gasteiger partial charge on any atom is 0.354 e. The Kier molecular flexibility index (Phi) is 3.63. The first-order valence-corrected chi connectivity index (χ1v) is 4.73. The van der Waals surface area contributed by atoms with Gasteiger partial charge in [0, 0.05) is 19.2 Å². The summed E-state index contributed by atoms with van der Waals surface area (Å²) < 4.78 is 1.15. The molecule has 90 valence electrons. The number of nitrogens with two attached hydrogens (primary N) is 1. The van der Waals surface area contributed by atoms with Crippen LogP contribution < -0.4 is 5.73 Å². The molecule has 1 aromatic heterocycles. The zero-order valence-electron chi connectivity index (χ0n) is 9.08. The highest BCUT2D eigenvalue weighted by molar-refractivity contribution is 5.88. The Morgan fingerprint density at radius 1 is 1.56 bits per heavy atom. The fourth-order valence-corrected chi connectivity index (χ4v) is 1.60. The van der Waals surface area contributed by atoms with Crippen LogP contribution in [0.15, 0.2) is 0 Å². The number of aromatic nitrogens is 2. The summed E-state index contributed by atoms with van der Waals surface area (Å²) in [6.45, 7) is 1.41. The number of carboxylic acids is 1. The zero-order valence-corrected chi connectivity index (χ0v) is 9.08. The van der Waals surface area contributed by atoms with Crippen LogP contribution in [0.1, 0.15) is 27.8 Å². The van der Waals surface area contributed by atoms with Gasteiger partial charge in [-0.15, -0.1) is 0 Å². The highest BCUT2D eigenvalue weighted by Crippen LogP contribution is 2.24. The summed E-state index contributed by atoms with van der Waals surface area (Å²) in [5.41, 5.74) is 5.53. The Hall–Kier alpha value is -1.44. The van der Waals surface area contributed by atoms with E-state index in [4.69, 9.17) is 10.8 Å². The second-order valence-corrected chi connectivity index (χ2v) is 3.52. The molecule has 0 fully saturated rings. The molecule has 0 spiro atoms. The molecule has 0 radical (unpaired) electrons. The van der Waals surface area contributed by atoms with E-state index in [1.165, 1.54) is 7.05 Å². The molecule has 0 amide bonds. The first-order chi connectivity index (χ1) is 7.40. The number of aryl methyl sites for hydroxylation is 2. The fourth-order valence-electron chi connectivity index (χ4n) is 1.60. The molecule has 2 unspecified atom stereocenters. The van der Waals surface area contributed by atoms with Crippen molar-refractivity contribution in [2.75, 3.05) is 6.54 Å². The molecule has 0 bridgehead atoms. The third-order valence-corrected chi connectivity index (χ3v) is 2.37. The summed E-state index contributed by atoms with van der Waals surface area (Å²) >= 11 is 0. The van der Waals surface area contributed by atoms with Gasteiger partial charge in [-0.3, -0.25) is 4.68 Å². The van der Waals surface area contributed by atoms with Gasteiger partial charge in [0.15, 0.2) is 5.69 Å². The maximum atomic E-state index is 11.0. The van der Waals surface area contributed by atoms with E-state index >= 15 is 0 Å². The van der Waals surface area contributed by atoms with Crippen LogP contribution in [0.3, 0.4) is 0 Å². The van der Waals surface area contributed by atoms with Crippen molar-refractivity contribution in [3.05, 3.63) is 17.0 Å². The lowest BCUT2D eigenvalue weighted by Gasteiger charge is -2.16. The van der Waals surface area contributed by atoms with Crippen molar-refractivity contribution in [2.45, 2.75) is 19.1 Å². The van der Waals surface area contributed by atoms with Gasteiger partial charge in [0.2, 0.25) is 0 Å². The van der Waals surface area contributed by atoms with Crippen LogP contribution in [-0.2, 0) is 7.05 Å². The van der Waals surface area contributed by atoms with E-state index in [0.29, 0.717) is 5.69 Å². The molecule has 0 saturated carbocycles. The quantitative estimate of drug-likeness (QED) is 0.513. The molecule has 0 aliphatic carbocycles.